The summed E-state index contributed by atoms with van der Waals surface area (Å²) in [6, 6.07) is 17.1. The molecule has 0 radical (unpaired) electrons. The number of carbonyl (C=O) groups excluding carboxylic acids is 1. The first-order valence-corrected chi connectivity index (χ1v) is 7.98. The van der Waals surface area contributed by atoms with E-state index in [0.29, 0.717) is 25.1 Å². The van der Waals surface area contributed by atoms with Crippen molar-refractivity contribution in [3.63, 3.8) is 0 Å². The molecule has 0 heterocycles. The van der Waals surface area contributed by atoms with Crippen molar-refractivity contribution < 1.29 is 4.79 Å². The predicted molar refractivity (Wildman–Crippen MR) is 96.8 cm³/mol. The van der Waals surface area contributed by atoms with Crippen LogP contribution >= 0.6 is 0 Å². The second-order valence-electron chi connectivity index (χ2n) is 5.49. The van der Waals surface area contributed by atoms with Crippen LogP contribution in [0.3, 0.4) is 0 Å². The van der Waals surface area contributed by atoms with Crippen LogP contribution in [0.25, 0.3) is 11.1 Å². The number of aliphatic imine (C=N–C) groups is 1. The van der Waals surface area contributed by atoms with Crippen LogP contribution in [0.4, 0.5) is 0 Å². The van der Waals surface area contributed by atoms with Gasteiger partial charge >= 0.3 is 0 Å². The number of hydrogen-bond acceptors (Lipinski definition) is 4. The van der Waals surface area contributed by atoms with Crippen LogP contribution in [0.15, 0.2) is 64.7 Å². The lowest BCUT2D eigenvalue weighted by molar-refractivity contribution is 0.0951. The van der Waals surface area contributed by atoms with Crippen molar-refractivity contribution in [2.75, 3.05) is 13.1 Å². The lowest BCUT2D eigenvalue weighted by Gasteiger charge is -2.13. The third-order valence-electron chi connectivity index (χ3n) is 3.79. The third-order valence-corrected chi connectivity index (χ3v) is 3.79. The first-order chi connectivity index (χ1) is 11.8. The van der Waals surface area contributed by atoms with Gasteiger partial charge in [-0.2, -0.15) is 5.11 Å². The summed E-state index contributed by atoms with van der Waals surface area (Å²) in [5.41, 5.74) is 9.77. The Morgan fingerprint density at radius 3 is 2.54 bits per heavy atom. The highest BCUT2D eigenvalue weighted by molar-refractivity contribution is 6.00. The van der Waals surface area contributed by atoms with Crippen molar-refractivity contribution in [1.29, 1.82) is 5.53 Å². The Bertz CT molecular complexity index is 685. The molecule has 1 amide bonds. The fourth-order valence-electron chi connectivity index (χ4n) is 2.51. The monoisotopic (exact) mass is 322 g/mol. The number of rotatable bonds is 9. The Balaban J connectivity index is 2.05. The van der Waals surface area contributed by atoms with Crippen molar-refractivity contribution in [1.82, 2.24) is 5.32 Å². The van der Waals surface area contributed by atoms with Gasteiger partial charge in [0.15, 0.2) is 0 Å². The molecule has 0 fully saturated rings. The lowest BCUT2D eigenvalue weighted by Crippen LogP contribution is -2.31. The molecule has 124 valence electrons. The standard InChI is InChI=1S/C19H22N4O/c1-21-13-7-10-16(23-20)14-22-19(24)18-12-6-5-11-17(18)15-8-3-2-4-9-15/h2-6,8-9,11-12,16,20H,1,7,10,13-14H2,(H,22,24)/t16-/m0/s1. The van der Waals surface area contributed by atoms with E-state index in [1.54, 1.807) is 0 Å². The number of carbonyl (C=O) groups is 1. The summed E-state index contributed by atoms with van der Waals surface area (Å²) in [6.45, 7) is 4.44. The van der Waals surface area contributed by atoms with E-state index in [2.05, 4.69) is 22.1 Å². The van der Waals surface area contributed by atoms with Crippen LogP contribution in [0, 0.1) is 5.53 Å². The first kappa shape index (κ1) is 17.5. The third kappa shape index (κ3) is 4.84. The van der Waals surface area contributed by atoms with Crippen molar-refractivity contribution >= 4 is 12.6 Å². The summed E-state index contributed by atoms with van der Waals surface area (Å²) in [4.78, 5) is 16.3. The number of hydrogen-bond donors (Lipinski definition) is 2. The summed E-state index contributed by atoms with van der Waals surface area (Å²) in [6.07, 6.45) is 1.52. The summed E-state index contributed by atoms with van der Waals surface area (Å²) in [5, 5.41) is 6.47. The Labute approximate surface area is 142 Å². The fourth-order valence-corrected chi connectivity index (χ4v) is 2.51. The Kier molecular flexibility index (Phi) is 6.83. The number of benzene rings is 2. The Morgan fingerprint density at radius 1 is 1.12 bits per heavy atom. The molecule has 0 saturated carbocycles. The minimum absolute atomic E-state index is 0.148. The van der Waals surface area contributed by atoms with Gasteiger partial charge in [-0.05, 0) is 36.8 Å². The molecule has 5 nitrogen and oxygen atoms in total. The van der Waals surface area contributed by atoms with Crippen LogP contribution in [-0.2, 0) is 0 Å². The van der Waals surface area contributed by atoms with Gasteiger partial charge in [-0.15, -0.1) is 0 Å². The largest absolute Gasteiger partial charge is 0.350 e. The minimum atomic E-state index is -0.223. The highest BCUT2D eigenvalue weighted by Crippen LogP contribution is 2.23. The molecular formula is C19H22N4O. The van der Waals surface area contributed by atoms with Gasteiger partial charge in [0.05, 0.1) is 6.04 Å². The van der Waals surface area contributed by atoms with E-state index < -0.39 is 0 Å². The van der Waals surface area contributed by atoms with Crippen LogP contribution in [0.2, 0.25) is 0 Å². The fraction of sp³-hybridized carbons (Fsp3) is 0.263. The summed E-state index contributed by atoms with van der Waals surface area (Å²) in [5.74, 6) is -0.148. The molecule has 5 heteroatoms. The van der Waals surface area contributed by atoms with Gasteiger partial charge in [-0.25, -0.2) is 5.53 Å². The lowest BCUT2D eigenvalue weighted by atomic mass is 9.99. The maximum atomic E-state index is 12.5. The molecule has 2 N–H and O–H groups in total. The van der Waals surface area contributed by atoms with Gasteiger partial charge in [-0.3, -0.25) is 4.79 Å². The summed E-state index contributed by atoms with van der Waals surface area (Å²) >= 11 is 0. The summed E-state index contributed by atoms with van der Waals surface area (Å²) < 4.78 is 0. The van der Waals surface area contributed by atoms with E-state index >= 15 is 0 Å². The van der Waals surface area contributed by atoms with Crippen molar-refractivity contribution in [3.8, 4) is 11.1 Å². The molecule has 2 aromatic rings. The first-order valence-electron chi connectivity index (χ1n) is 7.98. The molecular weight excluding hydrogens is 300 g/mol. The average Bonchev–Trinajstić information content (AvgIpc) is 2.65. The van der Waals surface area contributed by atoms with Gasteiger partial charge in [0.25, 0.3) is 5.91 Å². The Morgan fingerprint density at radius 2 is 1.83 bits per heavy atom. The zero-order chi connectivity index (χ0) is 17.2. The number of nitrogens with zero attached hydrogens (tertiary/aromatic N) is 2. The van der Waals surface area contributed by atoms with Gasteiger partial charge in [0.1, 0.15) is 0 Å². The van der Waals surface area contributed by atoms with Crippen molar-refractivity contribution in [2.24, 2.45) is 10.1 Å². The van der Waals surface area contributed by atoms with E-state index in [0.717, 1.165) is 17.5 Å². The van der Waals surface area contributed by atoms with Gasteiger partial charge in [-0.1, -0.05) is 48.5 Å². The van der Waals surface area contributed by atoms with Crippen molar-refractivity contribution in [3.05, 3.63) is 60.2 Å². The smallest absolute Gasteiger partial charge is 0.251 e. The number of nitrogens with one attached hydrogen (secondary N) is 2. The van der Waals surface area contributed by atoms with E-state index in [1.807, 2.05) is 54.6 Å². The molecule has 1 atom stereocenters. The highest BCUT2D eigenvalue weighted by Gasteiger charge is 2.14. The zero-order valence-corrected chi connectivity index (χ0v) is 13.6. The maximum absolute atomic E-state index is 12.5. The molecule has 0 aliphatic carbocycles. The predicted octanol–water partition coefficient (Wildman–Crippen LogP) is 3.96. The van der Waals surface area contributed by atoms with Gasteiger partial charge in [0.2, 0.25) is 0 Å². The topological polar surface area (TPSA) is 77.7 Å². The number of amides is 1. The molecule has 0 aliphatic heterocycles. The molecule has 0 saturated heterocycles. The van der Waals surface area contributed by atoms with E-state index in [9.17, 15) is 4.79 Å². The van der Waals surface area contributed by atoms with Crippen LogP contribution in [-0.4, -0.2) is 31.8 Å². The van der Waals surface area contributed by atoms with E-state index in [1.165, 1.54) is 0 Å². The quantitative estimate of drug-likeness (QED) is 0.409. The van der Waals surface area contributed by atoms with Gasteiger partial charge in [0, 0.05) is 18.7 Å². The molecule has 2 rings (SSSR count). The normalized spacial score (nSPS) is 11.5. The molecule has 24 heavy (non-hydrogen) atoms. The molecule has 2 aromatic carbocycles. The molecule has 0 unspecified atom stereocenters. The zero-order valence-electron chi connectivity index (χ0n) is 13.6. The second kappa shape index (κ2) is 9.35. The van der Waals surface area contributed by atoms with Crippen LogP contribution in [0.5, 0.6) is 0 Å². The summed E-state index contributed by atoms with van der Waals surface area (Å²) in [7, 11) is 0. The van der Waals surface area contributed by atoms with Crippen molar-refractivity contribution in [2.45, 2.75) is 18.9 Å². The Hall–Kier alpha value is -2.82. The van der Waals surface area contributed by atoms with Gasteiger partial charge < -0.3 is 10.3 Å². The second-order valence-corrected chi connectivity index (χ2v) is 5.49. The average molecular weight is 322 g/mol. The van der Waals surface area contributed by atoms with Crippen LogP contribution in [0.1, 0.15) is 23.2 Å². The minimum Gasteiger partial charge on any atom is -0.350 e. The maximum Gasteiger partial charge on any atom is 0.251 e. The SMILES string of the molecule is C=NCCC[C@@H](CNC(=O)c1ccccc1-c1ccccc1)N=N. The molecule has 0 spiro atoms. The van der Waals surface area contributed by atoms with E-state index in [4.69, 9.17) is 5.53 Å². The van der Waals surface area contributed by atoms with E-state index in [-0.39, 0.29) is 11.9 Å². The highest BCUT2D eigenvalue weighted by atomic mass is 16.1. The van der Waals surface area contributed by atoms with Crippen LogP contribution < -0.4 is 5.32 Å². The molecule has 0 bridgehead atoms. The molecule has 0 aliphatic rings. The molecule has 0 aromatic heterocycles.